The number of carbonyl (C=O) groups is 1. The molecule has 3 nitrogen and oxygen atoms in total. The molecule has 1 aromatic carbocycles. The van der Waals surface area contributed by atoms with Crippen LogP contribution < -0.4 is 5.32 Å². The standard InChI is InChI=1S/C16H21Cl2NO2/c1-10(2)9-16(5-3-4-6-16)15(21)19-13-8-11(17)7-12(18)14(13)20/h7-8,10,20H,3-6,9H2,1-2H3,(H,19,21). The number of carbonyl (C=O) groups excluding carboxylic acids is 1. The lowest BCUT2D eigenvalue weighted by molar-refractivity contribution is -0.126. The van der Waals surface area contributed by atoms with Gasteiger partial charge in [0.15, 0.2) is 5.75 Å². The fourth-order valence-corrected chi connectivity index (χ4v) is 3.77. The summed E-state index contributed by atoms with van der Waals surface area (Å²) in [5.41, 5.74) is -0.0531. The molecule has 1 fully saturated rings. The summed E-state index contributed by atoms with van der Waals surface area (Å²) >= 11 is 11.8. The van der Waals surface area contributed by atoms with Crippen LogP contribution in [0.2, 0.25) is 10.0 Å². The predicted octanol–water partition coefficient (Wildman–Crippen LogP) is 5.24. The third-order valence-electron chi connectivity index (χ3n) is 4.12. The first kappa shape index (κ1) is 16.4. The Bertz CT molecular complexity index is 537. The van der Waals surface area contributed by atoms with Crippen molar-refractivity contribution in [3.63, 3.8) is 0 Å². The summed E-state index contributed by atoms with van der Waals surface area (Å²) in [5, 5.41) is 13.3. The first-order chi connectivity index (χ1) is 9.84. The summed E-state index contributed by atoms with van der Waals surface area (Å²) in [6.45, 7) is 4.25. The van der Waals surface area contributed by atoms with Gasteiger partial charge in [-0.2, -0.15) is 0 Å². The van der Waals surface area contributed by atoms with Crippen molar-refractivity contribution in [2.24, 2.45) is 11.3 Å². The highest BCUT2D eigenvalue weighted by molar-refractivity contribution is 6.36. The molecule has 116 valence electrons. The lowest BCUT2D eigenvalue weighted by atomic mass is 9.77. The molecule has 0 heterocycles. The Morgan fingerprint density at radius 1 is 1.33 bits per heavy atom. The highest BCUT2D eigenvalue weighted by atomic mass is 35.5. The number of amides is 1. The minimum absolute atomic E-state index is 0.0395. The second kappa shape index (κ2) is 6.45. The Kier molecular flexibility index (Phi) is 5.05. The van der Waals surface area contributed by atoms with Crippen LogP contribution >= 0.6 is 23.2 Å². The molecular weight excluding hydrogens is 309 g/mol. The molecule has 5 heteroatoms. The van der Waals surface area contributed by atoms with Crippen molar-refractivity contribution >= 4 is 34.8 Å². The third kappa shape index (κ3) is 3.64. The Morgan fingerprint density at radius 2 is 1.95 bits per heavy atom. The fourth-order valence-electron chi connectivity index (χ4n) is 3.27. The quantitative estimate of drug-likeness (QED) is 0.741. The fraction of sp³-hybridized carbons (Fsp3) is 0.562. The second-order valence-corrected chi connectivity index (χ2v) is 7.17. The maximum atomic E-state index is 12.7. The summed E-state index contributed by atoms with van der Waals surface area (Å²) in [5.74, 6) is 0.278. The summed E-state index contributed by atoms with van der Waals surface area (Å²) in [4.78, 5) is 12.7. The van der Waals surface area contributed by atoms with Gasteiger partial charge < -0.3 is 10.4 Å². The number of nitrogens with one attached hydrogen (secondary N) is 1. The minimum Gasteiger partial charge on any atom is -0.504 e. The van der Waals surface area contributed by atoms with Crippen LogP contribution in [-0.2, 0) is 4.79 Å². The van der Waals surface area contributed by atoms with E-state index in [1.54, 1.807) is 0 Å². The molecule has 0 saturated heterocycles. The van der Waals surface area contributed by atoms with Crippen LogP contribution in [0.15, 0.2) is 12.1 Å². The molecule has 0 spiro atoms. The van der Waals surface area contributed by atoms with Gasteiger partial charge in [0.05, 0.1) is 10.7 Å². The number of benzene rings is 1. The Morgan fingerprint density at radius 3 is 2.52 bits per heavy atom. The van der Waals surface area contributed by atoms with Crippen molar-refractivity contribution in [1.82, 2.24) is 0 Å². The van der Waals surface area contributed by atoms with Crippen molar-refractivity contribution in [3.8, 4) is 5.75 Å². The molecule has 0 unspecified atom stereocenters. The zero-order chi connectivity index (χ0) is 15.6. The van der Waals surface area contributed by atoms with E-state index in [0.29, 0.717) is 10.9 Å². The lowest BCUT2D eigenvalue weighted by Gasteiger charge is -2.29. The molecule has 1 amide bonds. The van der Waals surface area contributed by atoms with Gasteiger partial charge in [-0.3, -0.25) is 4.79 Å². The molecule has 2 rings (SSSR count). The van der Waals surface area contributed by atoms with Crippen molar-refractivity contribution in [2.45, 2.75) is 46.0 Å². The van der Waals surface area contributed by atoms with E-state index in [1.807, 2.05) is 0 Å². The SMILES string of the molecule is CC(C)CC1(C(=O)Nc2cc(Cl)cc(Cl)c2O)CCCC1. The molecule has 21 heavy (non-hydrogen) atoms. The number of hydrogen-bond acceptors (Lipinski definition) is 2. The van der Waals surface area contributed by atoms with Crippen molar-refractivity contribution in [1.29, 1.82) is 0 Å². The van der Waals surface area contributed by atoms with E-state index in [0.717, 1.165) is 32.1 Å². The van der Waals surface area contributed by atoms with E-state index >= 15 is 0 Å². The normalized spacial score (nSPS) is 17.2. The molecule has 0 radical (unpaired) electrons. The van der Waals surface area contributed by atoms with Crippen LogP contribution in [0, 0.1) is 11.3 Å². The van der Waals surface area contributed by atoms with E-state index < -0.39 is 0 Å². The van der Waals surface area contributed by atoms with Gasteiger partial charge in [-0.05, 0) is 37.3 Å². The molecule has 0 atom stereocenters. The Hall–Kier alpha value is -0.930. The van der Waals surface area contributed by atoms with Gasteiger partial charge in [0.1, 0.15) is 0 Å². The van der Waals surface area contributed by atoms with E-state index in [4.69, 9.17) is 23.2 Å². The van der Waals surface area contributed by atoms with E-state index in [-0.39, 0.29) is 27.8 Å². The second-order valence-electron chi connectivity index (χ2n) is 6.32. The van der Waals surface area contributed by atoms with Crippen LogP contribution in [0.1, 0.15) is 46.0 Å². The first-order valence-electron chi connectivity index (χ1n) is 7.33. The molecule has 0 aromatic heterocycles. The molecule has 1 aromatic rings. The summed E-state index contributed by atoms with van der Waals surface area (Å²) < 4.78 is 0. The van der Waals surface area contributed by atoms with Crippen molar-refractivity contribution in [2.75, 3.05) is 5.32 Å². The molecule has 1 saturated carbocycles. The molecular formula is C16H21Cl2NO2. The van der Waals surface area contributed by atoms with Crippen LogP contribution in [0.4, 0.5) is 5.69 Å². The van der Waals surface area contributed by atoms with Crippen LogP contribution in [0.5, 0.6) is 5.75 Å². The summed E-state index contributed by atoms with van der Waals surface area (Å²) in [6.07, 6.45) is 4.79. The van der Waals surface area contributed by atoms with Gasteiger partial charge >= 0.3 is 0 Å². The van der Waals surface area contributed by atoms with Gasteiger partial charge in [0.25, 0.3) is 0 Å². The smallest absolute Gasteiger partial charge is 0.230 e. The number of halogens is 2. The maximum absolute atomic E-state index is 12.7. The van der Waals surface area contributed by atoms with Crippen molar-refractivity contribution < 1.29 is 9.90 Å². The van der Waals surface area contributed by atoms with Gasteiger partial charge in [-0.15, -0.1) is 0 Å². The minimum atomic E-state index is -0.338. The molecule has 0 aliphatic heterocycles. The molecule has 1 aliphatic rings. The summed E-state index contributed by atoms with van der Waals surface area (Å²) in [7, 11) is 0. The average Bonchev–Trinajstić information content (AvgIpc) is 2.84. The van der Waals surface area contributed by atoms with Crippen molar-refractivity contribution in [3.05, 3.63) is 22.2 Å². The number of phenols is 1. The van der Waals surface area contributed by atoms with Gasteiger partial charge in [0.2, 0.25) is 5.91 Å². The number of rotatable bonds is 4. The molecule has 0 bridgehead atoms. The van der Waals surface area contributed by atoms with E-state index in [9.17, 15) is 9.90 Å². The number of hydrogen-bond donors (Lipinski definition) is 2. The van der Waals surface area contributed by atoms with Crippen LogP contribution in [0.25, 0.3) is 0 Å². The van der Waals surface area contributed by atoms with Crippen LogP contribution in [-0.4, -0.2) is 11.0 Å². The monoisotopic (exact) mass is 329 g/mol. The third-order valence-corrected chi connectivity index (χ3v) is 4.62. The average molecular weight is 330 g/mol. The number of aromatic hydroxyl groups is 1. The van der Waals surface area contributed by atoms with E-state index in [1.165, 1.54) is 12.1 Å². The number of anilines is 1. The van der Waals surface area contributed by atoms with Crippen LogP contribution in [0.3, 0.4) is 0 Å². The zero-order valence-electron chi connectivity index (χ0n) is 12.4. The Labute approximate surface area is 135 Å². The topological polar surface area (TPSA) is 49.3 Å². The maximum Gasteiger partial charge on any atom is 0.230 e. The largest absolute Gasteiger partial charge is 0.504 e. The van der Waals surface area contributed by atoms with Gasteiger partial charge in [-0.1, -0.05) is 49.9 Å². The molecule has 2 N–H and O–H groups in total. The predicted molar refractivity (Wildman–Crippen MR) is 87.1 cm³/mol. The van der Waals surface area contributed by atoms with Gasteiger partial charge in [0, 0.05) is 10.4 Å². The number of phenolic OH excluding ortho intramolecular Hbond substituents is 1. The van der Waals surface area contributed by atoms with E-state index in [2.05, 4.69) is 19.2 Å². The highest BCUT2D eigenvalue weighted by Gasteiger charge is 2.41. The lowest BCUT2D eigenvalue weighted by Crippen LogP contribution is -2.35. The summed E-state index contributed by atoms with van der Waals surface area (Å²) in [6, 6.07) is 2.98. The Balaban J connectivity index is 2.24. The highest BCUT2D eigenvalue weighted by Crippen LogP contribution is 2.45. The van der Waals surface area contributed by atoms with Gasteiger partial charge in [-0.25, -0.2) is 0 Å². The molecule has 1 aliphatic carbocycles. The zero-order valence-corrected chi connectivity index (χ0v) is 13.9. The first-order valence-corrected chi connectivity index (χ1v) is 8.09.